The van der Waals surface area contributed by atoms with Crippen LogP contribution in [-0.4, -0.2) is 31.4 Å². The summed E-state index contributed by atoms with van der Waals surface area (Å²) in [5, 5.41) is 5.49. The van der Waals surface area contributed by atoms with Crippen LogP contribution in [0, 0.1) is 5.92 Å². The van der Waals surface area contributed by atoms with E-state index in [1.165, 1.54) is 0 Å². The fraction of sp³-hybridized carbons (Fsp3) is 0.800. The quantitative estimate of drug-likeness (QED) is 0.541. The summed E-state index contributed by atoms with van der Waals surface area (Å²) in [4.78, 5) is 22.4. The lowest BCUT2D eigenvalue weighted by molar-refractivity contribution is -0.127. The topological polar surface area (TPSA) is 84.2 Å². The zero-order valence-electron chi connectivity index (χ0n) is 9.67. The van der Waals surface area contributed by atoms with Gasteiger partial charge in [0.2, 0.25) is 11.8 Å². The third-order valence-electron chi connectivity index (χ3n) is 1.99. The highest BCUT2D eigenvalue weighted by molar-refractivity contribution is 5.86. The number of hydrogen-bond donors (Lipinski definition) is 3. The predicted octanol–water partition coefficient (Wildman–Crippen LogP) is -0.388. The number of carbonyl (C=O) groups excluding carboxylic acids is 2. The van der Waals surface area contributed by atoms with E-state index in [0.717, 1.165) is 0 Å². The van der Waals surface area contributed by atoms with Crippen molar-refractivity contribution in [1.82, 2.24) is 10.6 Å². The Morgan fingerprint density at radius 3 is 2.33 bits per heavy atom. The van der Waals surface area contributed by atoms with Gasteiger partial charge < -0.3 is 16.4 Å². The maximum atomic E-state index is 11.3. The van der Waals surface area contributed by atoms with E-state index in [0.29, 0.717) is 25.3 Å². The predicted molar refractivity (Wildman–Crippen MR) is 59.1 cm³/mol. The van der Waals surface area contributed by atoms with Crippen LogP contribution in [0.5, 0.6) is 0 Å². The molecule has 0 aliphatic carbocycles. The Kier molecular flexibility index (Phi) is 6.70. The highest BCUT2D eigenvalue weighted by Crippen LogP contribution is 2.04. The van der Waals surface area contributed by atoms with Gasteiger partial charge in [-0.3, -0.25) is 9.59 Å². The Morgan fingerprint density at radius 1 is 1.33 bits per heavy atom. The van der Waals surface area contributed by atoms with Crippen LogP contribution in [0.1, 0.15) is 26.7 Å². The first kappa shape index (κ1) is 13.9. The molecule has 0 saturated heterocycles. The molecule has 1 unspecified atom stereocenters. The van der Waals surface area contributed by atoms with Crippen molar-refractivity contribution in [2.45, 2.75) is 32.7 Å². The molecule has 5 heteroatoms. The molecule has 0 fully saturated rings. The van der Waals surface area contributed by atoms with Gasteiger partial charge in [0.25, 0.3) is 0 Å². The summed E-state index contributed by atoms with van der Waals surface area (Å²) in [7, 11) is 1.77. The van der Waals surface area contributed by atoms with Gasteiger partial charge in [0.05, 0.1) is 0 Å². The molecular formula is C10H21N3O2. The van der Waals surface area contributed by atoms with Gasteiger partial charge >= 0.3 is 0 Å². The molecular weight excluding hydrogens is 194 g/mol. The van der Waals surface area contributed by atoms with Crippen molar-refractivity contribution in [1.29, 1.82) is 0 Å². The van der Waals surface area contributed by atoms with Gasteiger partial charge in [0, 0.05) is 13.0 Å². The second-order valence-corrected chi connectivity index (χ2v) is 4.01. The van der Waals surface area contributed by atoms with E-state index in [-0.39, 0.29) is 5.91 Å². The summed E-state index contributed by atoms with van der Waals surface area (Å²) in [5.41, 5.74) is 5.19. The van der Waals surface area contributed by atoms with Crippen LogP contribution < -0.4 is 16.4 Å². The molecule has 1 atom stereocenters. The zero-order chi connectivity index (χ0) is 11.8. The Balaban J connectivity index is 4.05. The van der Waals surface area contributed by atoms with Gasteiger partial charge in [0.1, 0.15) is 6.04 Å². The lowest BCUT2D eigenvalue weighted by Gasteiger charge is -2.17. The molecule has 2 amide bonds. The van der Waals surface area contributed by atoms with Crippen molar-refractivity contribution in [3.8, 4) is 0 Å². The molecule has 0 rings (SSSR count). The first-order valence-corrected chi connectivity index (χ1v) is 5.20. The second kappa shape index (κ2) is 7.23. The minimum atomic E-state index is -0.547. The molecule has 0 aromatic heterocycles. The summed E-state index contributed by atoms with van der Waals surface area (Å²) in [6.45, 7) is 4.56. The van der Waals surface area contributed by atoms with Crippen molar-refractivity contribution in [2.75, 3.05) is 13.6 Å². The molecule has 0 aromatic carbocycles. The summed E-state index contributed by atoms with van der Waals surface area (Å²) in [6, 6.07) is -0.547. The molecule has 0 radical (unpaired) electrons. The van der Waals surface area contributed by atoms with E-state index >= 15 is 0 Å². The van der Waals surface area contributed by atoms with Crippen molar-refractivity contribution >= 4 is 11.8 Å². The molecule has 0 aromatic rings. The number of amides is 2. The van der Waals surface area contributed by atoms with E-state index in [4.69, 9.17) is 5.73 Å². The normalized spacial score (nSPS) is 12.5. The SMILES string of the molecule is CNCCC(=O)NC(CC(C)C)C(N)=O. The Morgan fingerprint density at radius 2 is 1.93 bits per heavy atom. The monoisotopic (exact) mass is 215 g/mol. The molecule has 0 aliphatic heterocycles. The highest BCUT2D eigenvalue weighted by atomic mass is 16.2. The number of carbonyl (C=O) groups is 2. The van der Waals surface area contributed by atoms with Gasteiger partial charge in [-0.15, -0.1) is 0 Å². The molecule has 5 nitrogen and oxygen atoms in total. The smallest absolute Gasteiger partial charge is 0.240 e. The second-order valence-electron chi connectivity index (χ2n) is 4.01. The van der Waals surface area contributed by atoms with Gasteiger partial charge in [-0.25, -0.2) is 0 Å². The van der Waals surface area contributed by atoms with Crippen LogP contribution in [0.2, 0.25) is 0 Å². The fourth-order valence-corrected chi connectivity index (χ4v) is 1.22. The lowest BCUT2D eigenvalue weighted by Crippen LogP contribution is -2.45. The maximum Gasteiger partial charge on any atom is 0.240 e. The van der Waals surface area contributed by atoms with E-state index in [1.807, 2.05) is 13.8 Å². The average molecular weight is 215 g/mol. The van der Waals surface area contributed by atoms with E-state index < -0.39 is 11.9 Å². The Bertz CT molecular complexity index is 217. The van der Waals surface area contributed by atoms with Gasteiger partial charge in [-0.05, 0) is 19.4 Å². The fourth-order valence-electron chi connectivity index (χ4n) is 1.22. The highest BCUT2D eigenvalue weighted by Gasteiger charge is 2.18. The summed E-state index contributed by atoms with van der Waals surface area (Å²) in [5.74, 6) is -0.289. The van der Waals surface area contributed by atoms with Crippen molar-refractivity contribution < 1.29 is 9.59 Å². The molecule has 0 saturated carbocycles. The number of hydrogen-bond acceptors (Lipinski definition) is 3. The maximum absolute atomic E-state index is 11.3. The molecule has 0 heterocycles. The third kappa shape index (κ3) is 6.90. The van der Waals surface area contributed by atoms with Crippen LogP contribution >= 0.6 is 0 Å². The number of nitrogens with one attached hydrogen (secondary N) is 2. The van der Waals surface area contributed by atoms with Gasteiger partial charge in [0.15, 0.2) is 0 Å². The minimum absolute atomic E-state index is 0.145. The lowest BCUT2D eigenvalue weighted by atomic mass is 10.0. The number of nitrogens with two attached hydrogens (primary N) is 1. The largest absolute Gasteiger partial charge is 0.368 e. The first-order chi connectivity index (χ1) is 6.97. The average Bonchev–Trinajstić information content (AvgIpc) is 2.12. The van der Waals surface area contributed by atoms with Crippen molar-refractivity contribution in [3.05, 3.63) is 0 Å². The van der Waals surface area contributed by atoms with Crippen molar-refractivity contribution in [3.63, 3.8) is 0 Å². The van der Waals surface area contributed by atoms with Gasteiger partial charge in [-0.2, -0.15) is 0 Å². The number of rotatable bonds is 7. The van der Waals surface area contributed by atoms with Crippen LogP contribution in [-0.2, 0) is 9.59 Å². The van der Waals surface area contributed by atoms with Crippen LogP contribution in [0.15, 0.2) is 0 Å². The summed E-state index contributed by atoms with van der Waals surface area (Å²) >= 11 is 0. The van der Waals surface area contributed by atoms with Crippen LogP contribution in [0.4, 0.5) is 0 Å². The van der Waals surface area contributed by atoms with Crippen LogP contribution in [0.25, 0.3) is 0 Å². The number of primary amides is 1. The van der Waals surface area contributed by atoms with Crippen molar-refractivity contribution in [2.24, 2.45) is 11.7 Å². The van der Waals surface area contributed by atoms with E-state index in [2.05, 4.69) is 10.6 Å². The molecule has 4 N–H and O–H groups in total. The molecule has 15 heavy (non-hydrogen) atoms. The first-order valence-electron chi connectivity index (χ1n) is 5.20. The summed E-state index contributed by atoms with van der Waals surface area (Å²) < 4.78 is 0. The Hall–Kier alpha value is -1.10. The third-order valence-corrected chi connectivity index (χ3v) is 1.99. The van der Waals surface area contributed by atoms with Crippen LogP contribution in [0.3, 0.4) is 0 Å². The summed E-state index contributed by atoms with van der Waals surface area (Å²) in [6.07, 6.45) is 0.943. The molecule has 0 spiro atoms. The molecule has 0 aliphatic rings. The van der Waals surface area contributed by atoms with E-state index in [1.54, 1.807) is 7.05 Å². The Labute approximate surface area is 90.8 Å². The minimum Gasteiger partial charge on any atom is -0.368 e. The standard InChI is InChI=1S/C10H21N3O2/c1-7(2)6-8(10(11)15)13-9(14)4-5-12-3/h7-8,12H,4-6H2,1-3H3,(H2,11,15)(H,13,14). The molecule has 88 valence electrons. The van der Waals surface area contributed by atoms with E-state index in [9.17, 15) is 9.59 Å². The van der Waals surface area contributed by atoms with Gasteiger partial charge in [-0.1, -0.05) is 13.8 Å². The molecule has 0 bridgehead atoms. The zero-order valence-corrected chi connectivity index (χ0v) is 9.67.